The lowest BCUT2D eigenvalue weighted by Gasteiger charge is -2.27. The van der Waals surface area contributed by atoms with Crippen molar-refractivity contribution in [1.82, 2.24) is 5.32 Å². The molecule has 5 N–H and O–H groups in total. The van der Waals surface area contributed by atoms with Crippen molar-refractivity contribution < 1.29 is 29.6 Å². The van der Waals surface area contributed by atoms with Crippen molar-refractivity contribution in [2.24, 2.45) is 0 Å². The van der Waals surface area contributed by atoms with Crippen molar-refractivity contribution in [3.8, 4) is 11.5 Å². The number of benzene rings is 2. The Kier molecular flexibility index (Phi) is 7.40. The van der Waals surface area contributed by atoms with E-state index in [2.05, 4.69) is 22.8 Å². The van der Waals surface area contributed by atoms with Gasteiger partial charge in [-0.2, -0.15) is 0 Å². The number of anilines is 1. The van der Waals surface area contributed by atoms with E-state index in [1.54, 1.807) is 18.2 Å². The van der Waals surface area contributed by atoms with Gasteiger partial charge in [-0.25, -0.2) is 4.79 Å². The van der Waals surface area contributed by atoms with E-state index < -0.39 is 11.9 Å². The summed E-state index contributed by atoms with van der Waals surface area (Å²) in [5.41, 5.74) is 7.13. The number of nitrogens with one attached hydrogen (secondary N) is 2. The molecule has 1 saturated heterocycles. The first-order chi connectivity index (χ1) is 18.4. The van der Waals surface area contributed by atoms with E-state index >= 15 is 0 Å². The summed E-state index contributed by atoms with van der Waals surface area (Å²) >= 11 is 0. The Bertz CT molecular complexity index is 1370. The zero-order valence-corrected chi connectivity index (χ0v) is 21.2. The highest BCUT2D eigenvalue weighted by molar-refractivity contribution is 5.99. The molecule has 2 aromatic rings. The Morgan fingerprint density at radius 2 is 1.76 bits per heavy atom. The van der Waals surface area contributed by atoms with Crippen LogP contribution in [0.1, 0.15) is 65.6 Å². The molecule has 5 rings (SSSR count). The van der Waals surface area contributed by atoms with E-state index in [1.807, 2.05) is 6.07 Å². The van der Waals surface area contributed by atoms with E-state index in [0.717, 1.165) is 61.3 Å². The summed E-state index contributed by atoms with van der Waals surface area (Å²) in [5, 5.41) is 37.0. The minimum atomic E-state index is -1.10. The molecular formula is C30H32N2O6. The number of carboxylic acid groups (broad SMARTS) is 2. The highest BCUT2D eigenvalue weighted by atomic mass is 16.5. The van der Waals surface area contributed by atoms with Crippen molar-refractivity contribution in [3.05, 3.63) is 81.6 Å². The molecule has 1 fully saturated rings. The molecule has 2 aliphatic heterocycles. The molecule has 0 spiro atoms. The predicted octanol–water partition coefficient (Wildman–Crippen LogP) is 5.09. The number of aryl methyl sites for hydroxylation is 1. The molecule has 0 amide bonds. The number of phenols is 1. The molecule has 0 atom stereocenters. The number of phenolic OH excluding ortho intramolecular Hbond substituents is 1. The molecule has 0 radical (unpaired) electrons. The van der Waals surface area contributed by atoms with E-state index in [9.17, 15) is 19.8 Å². The Balaban J connectivity index is 1.62. The Labute approximate surface area is 221 Å². The number of hydrogen-bond acceptors (Lipinski definition) is 6. The number of ether oxygens (including phenoxy) is 1. The van der Waals surface area contributed by atoms with Gasteiger partial charge in [0.1, 0.15) is 11.5 Å². The summed E-state index contributed by atoms with van der Waals surface area (Å²) in [6, 6.07) is 8.64. The van der Waals surface area contributed by atoms with Crippen LogP contribution >= 0.6 is 0 Å². The smallest absolute Gasteiger partial charge is 0.336 e. The molecule has 8 nitrogen and oxygen atoms in total. The molecule has 3 aliphatic rings. The minimum Gasteiger partial charge on any atom is -0.507 e. The van der Waals surface area contributed by atoms with Crippen molar-refractivity contribution in [1.29, 1.82) is 0 Å². The van der Waals surface area contributed by atoms with Gasteiger partial charge in [0.05, 0.1) is 12.2 Å². The van der Waals surface area contributed by atoms with Crippen LogP contribution < -0.4 is 15.4 Å². The van der Waals surface area contributed by atoms with Crippen LogP contribution in [0.15, 0.2) is 59.3 Å². The van der Waals surface area contributed by atoms with Gasteiger partial charge in [0.25, 0.3) is 0 Å². The lowest BCUT2D eigenvalue weighted by molar-refractivity contribution is -0.137. The van der Waals surface area contributed by atoms with Gasteiger partial charge in [-0.3, -0.25) is 4.79 Å². The molecule has 2 aromatic carbocycles. The fourth-order valence-electron chi connectivity index (χ4n) is 5.38. The van der Waals surface area contributed by atoms with Crippen LogP contribution in [-0.2, 0) is 11.2 Å². The van der Waals surface area contributed by atoms with Crippen LogP contribution in [-0.4, -0.2) is 47.0 Å². The third kappa shape index (κ3) is 5.39. The third-order valence-corrected chi connectivity index (χ3v) is 7.20. The summed E-state index contributed by atoms with van der Waals surface area (Å²) < 4.78 is 5.67. The second-order valence-electron chi connectivity index (χ2n) is 9.84. The van der Waals surface area contributed by atoms with Crippen LogP contribution in [0, 0.1) is 0 Å². The maximum absolute atomic E-state index is 12.5. The first kappa shape index (κ1) is 25.4. The maximum atomic E-state index is 12.5. The molecule has 0 aromatic heterocycles. The van der Waals surface area contributed by atoms with E-state index in [1.165, 1.54) is 11.6 Å². The lowest BCUT2D eigenvalue weighted by Crippen LogP contribution is -2.23. The number of piperidine rings is 1. The molecule has 8 heteroatoms. The molecule has 1 aliphatic carbocycles. The average molecular weight is 517 g/mol. The van der Waals surface area contributed by atoms with E-state index in [-0.39, 0.29) is 24.3 Å². The molecule has 38 heavy (non-hydrogen) atoms. The topological polar surface area (TPSA) is 128 Å². The summed E-state index contributed by atoms with van der Waals surface area (Å²) in [6.45, 7) is 1.96. The number of fused-ring (bicyclic) bond motifs is 2. The van der Waals surface area contributed by atoms with Gasteiger partial charge in [-0.05, 0) is 90.6 Å². The first-order valence-electron chi connectivity index (χ1n) is 13.1. The Hall–Kier alpha value is -4.20. The number of carbonyl (C=O) groups is 2. The highest BCUT2D eigenvalue weighted by Gasteiger charge is 2.25. The number of carboxylic acids is 2. The van der Waals surface area contributed by atoms with Gasteiger partial charge in [-0.1, -0.05) is 12.2 Å². The van der Waals surface area contributed by atoms with Crippen molar-refractivity contribution in [2.75, 3.05) is 25.0 Å². The molecular weight excluding hydrogens is 484 g/mol. The van der Waals surface area contributed by atoms with Gasteiger partial charge in [0.2, 0.25) is 0 Å². The summed E-state index contributed by atoms with van der Waals surface area (Å²) in [5.74, 6) is -1.55. The fraction of sp³-hybridized carbons (Fsp3) is 0.333. The lowest BCUT2D eigenvalue weighted by atomic mass is 9.83. The van der Waals surface area contributed by atoms with Crippen LogP contribution in [0.3, 0.4) is 0 Å². The average Bonchev–Trinajstić information content (AvgIpc) is 2.91. The first-order valence-corrected chi connectivity index (χ1v) is 13.1. The van der Waals surface area contributed by atoms with Crippen LogP contribution in [0.4, 0.5) is 5.69 Å². The Morgan fingerprint density at radius 1 is 0.947 bits per heavy atom. The van der Waals surface area contributed by atoms with Gasteiger partial charge in [-0.15, -0.1) is 0 Å². The van der Waals surface area contributed by atoms with Crippen LogP contribution in [0.2, 0.25) is 0 Å². The van der Waals surface area contributed by atoms with Gasteiger partial charge < -0.3 is 30.7 Å². The normalized spacial score (nSPS) is 17.6. The molecule has 2 heterocycles. The third-order valence-electron chi connectivity index (χ3n) is 7.20. The zero-order chi connectivity index (χ0) is 26.6. The van der Waals surface area contributed by atoms with E-state index in [0.29, 0.717) is 35.3 Å². The summed E-state index contributed by atoms with van der Waals surface area (Å²) in [4.78, 5) is 23.3. The number of allylic oxidation sites excluding steroid dienone is 4. The number of aromatic hydroxyl groups is 1. The van der Waals surface area contributed by atoms with Crippen LogP contribution in [0.5, 0.6) is 11.5 Å². The monoisotopic (exact) mass is 516 g/mol. The highest BCUT2D eigenvalue weighted by Crippen LogP contribution is 2.42. The second-order valence-corrected chi connectivity index (χ2v) is 9.84. The number of rotatable bonds is 8. The molecule has 0 bridgehead atoms. The predicted molar refractivity (Wildman–Crippen MR) is 145 cm³/mol. The minimum absolute atomic E-state index is 0.0222. The van der Waals surface area contributed by atoms with E-state index in [4.69, 9.17) is 9.84 Å². The van der Waals surface area contributed by atoms with Gasteiger partial charge in [0.15, 0.2) is 0 Å². The number of aromatic carboxylic acids is 1. The molecule has 0 saturated carbocycles. The molecule has 198 valence electrons. The summed E-state index contributed by atoms with van der Waals surface area (Å²) in [6.07, 6.45) is 9.00. The van der Waals surface area contributed by atoms with Crippen molar-refractivity contribution >= 4 is 23.2 Å². The maximum Gasteiger partial charge on any atom is 0.336 e. The quantitative estimate of drug-likeness (QED) is 0.307. The summed E-state index contributed by atoms with van der Waals surface area (Å²) in [7, 11) is 0. The number of hydrogen-bond donors (Lipinski definition) is 5. The largest absolute Gasteiger partial charge is 0.507 e. The number of aliphatic carboxylic acids is 1. The van der Waals surface area contributed by atoms with Gasteiger partial charge >= 0.3 is 11.9 Å². The van der Waals surface area contributed by atoms with Crippen molar-refractivity contribution in [2.45, 2.75) is 44.9 Å². The van der Waals surface area contributed by atoms with Gasteiger partial charge in [0, 0.05) is 42.5 Å². The zero-order valence-electron chi connectivity index (χ0n) is 21.2. The molecule has 0 unspecified atom stereocenters. The van der Waals surface area contributed by atoms with Crippen molar-refractivity contribution in [3.63, 3.8) is 0 Å². The standard InChI is InChI=1S/C30H32N2O6/c33-27-17-26-19(5-2-12-32-26)15-24(27)29(20-7-10-25-18(14-20)4-1-11-31-25)22-9-8-21(16-23(22)30(36)37)38-13-3-6-28(34)35/h8-10,14-17,31-33H,1-7,11-13H2,(H,34,35)(H,36,37)/b29-20+. The fourth-order valence-corrected chi connectivity index (χ4v) is 5.38. The Morgan fingerprint density at radius 3 is 2.58 bits per heavy atom. The SMILES string of the molecule is O=C(O)CCCOc1ccc(/C(=C2\C=C3CCCNC3=CC2)c2cc3c(cc2O)NCCC3)c(C(=O)O)c1. The van der Waals surface area contributed by atoms with Crippen LogP contribution in [0.25, 0.3) is 5.57 Å². The second kappa shape index (κ2) is 11.0.